The summed E-state index contributed by atoms with van der Waals surface area (Å²) in [4.78, 5) is 182. The van der Waals surface area contributed by atoms with Gasteiger partial charge in [0.1, 0.15) is 72.6 Å². The number of benzene rings is 4. The van der Waals surface area contributed by atoms with E-state index in [0.717, 1.165) is 17.0 Å². The van der Waals surface area contributed by atoms with Crippen molar-refractivity contribution in [3.05, 3.63) is 149 Å². The molecular weight excluding hydrogens is 1460 g/mol. The van der Waals surface area contributed by atoms with Crippen molar-refractivity contribution in [2.75, 3.05) is 101 Å². The zero-order valence-electron chi connectivity index (χ0n) is 65.2. The van der Waals surface area contributed by atoms with Gasteiger partial charge >= 0.3 is 0 Å². The van der Waals surface area contributed by atoms with Gasteiger partial charge in [-0.1, -0.05) is 72.8 Å². The molecule has 608 valence electrons. The number of nitrogens with zero attached hydrogens (tertiary/aromatic N) is 5. The summed E-state index contributed by atoms with van der Waals surface area (Å²) in [5, 5.41) is 36.7. The Kier molecular flexibility index (Phi) is 29.4. The maximum absolute atomic E-state index is 16.2. The van der Waals surface area contributed by atoms with Gasteiger partial charge in [0.2, 0.25) is 70.9 Å². The number of methoxy groups -OCH3 is 1. The number of aliphatic hydroxyl groups excluding tert-OH is 1. The monoisotopic (exact) mass is 1570 g/mol. The Bertz CT molecular complexity index is 4300. The molecule has 6 aliphatic rings. The van der Waals surface area contributed by atoms with Gasteiger partial charge < -0.3 is 95.7 Å². The van der Waals surface area contributed by atoms with E-state index in [0.29, 0.717) is 68.4 Å². The van der Waals surface area contributed by atoms with Crippen LogP contribution < -0.4 is 52.6 Å². The second-order valence-corrected chi connectivity index (χ2v) is 30.6. The van der Waals surface area contributed by atoms with E-state index in [1.807, 2.05) is 45.4 Å². The highest BCUT2D eigenvalue weighted by molar-refractivity contribution is 6.00. The molecule has 5 aromatic rings. The lowest BCUT2D eigenvalue weighted by Crippen LogP contribution is -2.64. The predicted octanol–water partition coefficient (Wildman–Crippen LogP) is 0.420. The fraction of sp³-hybridized carbons (Fsp3) is 0.506. The molecule has 7 heterocycles. The van der Waals surface area contributed by atoms with E-state index >= 15 is 33.2 Å². The number of carbonyl (C=O) groups is 12. The van der Waals surface area contributed by atoms with E-state index in [9.17, 15) is 33.9 Å². The normalized spacial score (nSPS) is 24.7. The predicted molar refractivity (Wildman–Crippen MR) is 412 cm³/mol. The summed E-state index contributed by atoms with van der Waals surface area (Å²) in [6.07, 6.45) is 1.29. The Balaban J connectivity index is 1.07. The van der Waals surface area contributed by atoms with Gasteiger partial charge in [0.15, 0.2) is 0 Å². The molecule has 31 nitrogen and oxygen atoms in total. The standard InChI is InChI=1S/C81H105FN14O17/c1-50-73(102)90-64(46-85-67(98)28-36-111-38-39-112-37-35-96(4,5)6)75(104)87-61-42-55-12-10-13-56(40-55)45-84-69(100)49-113-66-27-34-94-72(66)77(106)91-71(51(2)97)76(105)89-62(41-53-18-21-59(110-7)22-19-53)79(108)95-33-11-29-81(95,3)80(109)83-30-26-52-14-16-54(17-15-52)47-93(70(101)25-24-68(99)86-50)32-9-8-31-92-48-57(43-63(78(94)107)88-74(61)103)60-44-58(82)20-23-65(60)92/h8-10,12-23,40,44,48,50-51,61-64,66,71-72,97H,11,24-39,41-43,45-47,49H2,1-7H3,(H8-,83,84,85,86,87,88,89,90,91,98,99,100,102,103,104,105,106,109)/p+1/b9-8+/t50-,51+,61-,62-,63-,64+,66-,71-,72-,81-/m0/s1. The van der Waals surface area contributed by atoms with Crippen LogP contribution in [0.3, 0.4) is 0 Å². The first-order valence-electron chi connectivity index (χ1n) is 38.5. The van der Waals surface area contributed by atoms with Crippen molar-refractivity contribution in [2.24, 2.45) is 0 Å². The molecule has 10 atom stereocenters. The summed E-state index contributed by atoms with van der Waals surface area (Å²) in [6, 6.07) is 13.3. The number of likely N-dealkylation sites (N-methyl/N-ethyl adjacent to an activating group) is 1. The molecule has 113 heavy (non-hydrogen) atoms. The second kappa shape index (κ2) is 39.2. The number of allylic oxidation sites excluding steroid dienone is 1. The lowest BCUT2D eigenvalue weighted by molar-refractivity contribution is -0.870. The van der Waals surface area contributed by atoms with Gasteiger partial charge in [0, 0.05) is 108 Å². The minimum absolute atomic E-state index is 0.0177. The average molecular weight is 1570 g/mol. The molecule has 0 saturated carbocycles. The number of amides is 12. The third-order valence-electron chi connectivity index (χ3n) is 21.0. The van der Waals surface area contributed by atoms with Gasteiger partial charge in [0.25, 0.3) is 0 Å². The Hall–Kier alpha value is -10.7. The molecule has 0 aliphatic carbocycles. The van der Waals surface area contributed by atoms with Crippen LogP contribution in [0, 0.1) is 5.82 Å². The number of nitrogens with one attached hydrogen (secondary N) is 9. The van der Waals surface area contributed by atoms with Crippen molar-refractivity contribution in [3.63, 3.8) is 0 Å². The number of hydrogen-bond acceptors (Lipinski definition) is 17. The number of rotatable bonds is 15. The molecule has 0 unspecified atom stereocenters. The molecule has 0 radical (unpaired) electrons. The summed E-state index contributed by atoms with van der Waals surface area (Å²) >= 11 is 0. The largest absolute Gasteiger partial charge is 0.497 e. The smallest absolute Gasteiger partial charge is 0.246 e. The van der Waals surface area contributed by atoms with Crippen LogP contribution in [-0.2, 0) is 117 Å². The van der Waals surface area contributed by atoms with Crippen LogP contribution in [0.2, 0.25) is 0 Å². The number of fused-ring (bicyclic) bond motifs is 16. The van der Waals surface area contributed by atoms with Crippen molar-refractivity contribution < 1.29 is 90.5 Å². The Morgan fingerprint density at radius 2 is 1.42 bits per heavy atom. The summed E-state index contributed by atoms with van der Waals surface area (Å²) in [5.74, 6) is -9.61. The van der Waals surface area contributed by atoms with Crippen molar-refractivity contribution >= 4 is 81.8 Å². The van der Waals surface area contributed by atoms with Crippen LogP contribution in [0.5, 0.6) is 5.75 Å². The zero-order chi connectivity index (χ0) is 81.1. The molecule has 32 heteroatoms. The second-order valence-electron chi connectivity index (χ2n) is 30.6. The fourth-order valence-corrected chi connectivity index (χ4v) is 14.5. The van der Waals surface area contributed by atoms with E-state index in [1.165, 1.54) is 49.0 Å². The molecule has 2 saturated heterocycles. The quantitative estimate of drug-likeness (QED) is 0.0386. The summed E-state index contributed by atoms with van der Waals surface area (Å²) in [7, 11) is 7.58. The summed E-state index contributed by atoms with van der Waals surface area (Å²) in [6.45, 7) is 4.71. The van der Waals surface area contributed by atoms with E-state index in [4.69, 9.17) is 18.9 Å². The molecule has 0 spiro atoms. The topological polar surface area (TPSA) is 385 Å². The number of halogens is 1. The Morgan fingerprint density at radius 1 is 0.708 bits per heavy atom. The first kappa shape index (κ1) is 84.8. The van der Waals surface area contributed by atoms with Crippen LogP contribution in [-0.4, -0.2) is 260 Å². The van der Waals surface area contributed by atoms with Crippen LogP contribution in [0.15, 0.2) is 109 Å². The number of aromatic nitrogens is 1. The third kappa shape index (κ3) is 23.3. The Morgan fingerprint density at radius 3 is 2.17 bits per heavy atom. The van der Waals surface area contributed by atoms with E-state index in [-0.39, 0.29) is 111 Å². The van der Waals surface area contributed by atoms with Crippen molar-refractivity contribution in [1.29, 1.82) is 0 Å². The number of carbonyl (C=O) groups excluding carboxylic acids is 12. The summed E-state index contributed by atoms with van der Waals surface area (Å²) in [5.41, 5.74) is 2.40. The Labute approximate surface area is 656 Å². The van der Waals surface area contributed by atoms with E-state index in [2.05, 4.69) is 47.9 Å². The van der Waals surface area contributed by atoms with Crippen molar-refractivity contribution in [3.8, 4) is 5.75 Å². The van der Waals surface area contributed by atoms with Gasteiger partial charge in [-0.15, -0.1) is 0 Å². The maximum Gasteiger partial charge on any atom is 0.246 e. The molecule has 2 fully saturated rings. The van der Waals surface area contributed by atoms with Crippen molar-refractivity contribution in [1.82, 2.24) is 67.1 Å². The number of quaternary nitrogens is 1. The molecule has 1 aromatic heterocycles. The third-order valence-corrected chi connectivity index (χ3v) is 21.0. The van der Waals surface area contributed by atoms with Crippen LogP contribution in [0.1, 0.15) is 92.7 Å². The SMILES string of the molecule is COc1ccc(C[C@@H]2NC(=O)[C@H]([C@@H](C)O)NC(=O)[C@@H]3[C@@H]4CCN3C(=O)[C@@H]3Cc5cn(c6ccc(F)cc56)C/C=C/CN(Cc5ccc(cc5)CCNC(=O)[C@]5(C)CCCN5C2=O)C(=O)CCC(=O)N[C@@H](C)C(=O)N[C@H](CNC(=O)CCOCCOCC[N+](C)(C)C)C(=O)N[C@@H](Cc2cccc(c2)CNC(=O)CO4)C(=O)N3)cc1. The van der Waals surface area contributed by atoms with Crippen molar-refractivity contribution in [2.45, 2.75) is 165 Å². The zero-order valence-corrected chi connectivity index (χ0v) is 65.2. The minimum atomic E-state index is -1.87. The minimum Gasteiger partial charge on any atom is -0.497 e. The van der Waals surface area contributed by atoms with Gasteiger partial charge in [-0.05, 0) is 110 Å². The molecule has 6 aliphatic heterocycles. The number of hydrogen-bond donors (Lipinski definition) is 10. The molecule has 4 aromatic carbocycles. The van der Waals surface area contributed by atoms with Crippen LogP contribution in [0.25, 0.3) is 10.9 Å². The molecule has 12 bridgehead atoms. The average Bonchev–Trinajstić information content (AvgIpc) is 1.65. The molecule has 11 rings (SSSR count). The van der Waals surface area contributed by atoms with E-state index in [1.54, 1.807) is 78.4 Å². The lowest BCUT2D eigenvalue weighted by atomic mass is 9.95. The molecule has 10 N–H and O–H groups in total. The molecular formula is C81H106FN14O17+. The van der Waals surface area contributed by atoms with Gasteiger partial charge in [0.05, 0.1) is 66.9 Å². The number of aliphatic hydroxyl groups is 1. The van der Waals surface area contributed by atoms with Crippen LogP contribution in [0.4, 0.5) is 4.39 Å². The highest BCUT2D eigenvalue weighted by Gasteiger charge is 2.50. The van der Waals surface area contributed by atoms with Crippen LogP contribution >= 0.6 is 0 Å². The number of ether oxygens (including phenoxy) is 4. The molecule has 12 amide bonds. The summed E-state index contributed by atoms with van der Waals surface area (Å²) < 4.78 is 41.4. The van der Waals surface area contributed by atoms with Gasteiger partial charge in [-0.25, -0.2) is 4.39 Å². The van der Waals surface area contributed by atoms with E-state index < -0.39 is 156 Å². The highest BCUT2D eigenvalue weighted by atomic mass is 19.1. The van der Waals surface area contributed by atoms with Gasteiger partial charge in [-0.3, -0.25) is 57.5 Å². The fourth-order valence-electron chi connectivity index (χ4n) is 14.5. The first-order chi connectivity index (χ1) is 54.0. The first-order valence-corrected chi connectivity index (χ1v) is 38.5. The van der Waals surface area contributed by atoms with Gasteiger partial charge in [-0.2, -0.15) is 0 Å². The maximum atomic E-state index is 16.2. The lowest BCUT2D eigenvalue weighted by Gasteiger charge is -2.37. The highest BCUT2D eigenvalue weighted by Crippen LogP contribution is 2.32.